The molecule has 5 nitrogen and oxygen atoms in total. The van der Waals surface area contributed by atoms with Gasteiger partial charge in [0.05, 0.1) is 23.2 Å². The van der Waals surface area contributed by atoms with E-state index in [4.69, 9.17) is 0 Å². The molecule has 0 fully saturated rings. The summed E-state index contributed by atoms with van der Waals surface area (Å²) in [6.07, 6.45) is 1.32. The van der Waals surface area contributed by atoms with Crippen LogP contribution in [0.2, 0.25) is 0 Å². The number of carbonyl (C=O) groups is 1. The van der Waals surface area contributed by atoms with Crippen molar-refractivity contribution < 1.29 is 14.5 Å². The van der Waals surface area contributed by atoms with Crippen LogP contribution in [0.5, 0.6) is 0 Å². The van der Waals surface area contributed by atoms with Gasteiger partial charge >= 0.3 is 5.97 Å². The molecule has 1 aromatic rings. The van der Waals surface area contributed by atoms with Gasteiger partial charge in [0.25, 0.3) is 5.69 Å². The third kappa shape index (κ3) is 2.19. The summed E-state index contributed by atoms with van der Waals surface area (Å²) in [6.45, 7) is 3.44. The fourth-order valence-electron chi connectivity index (χ4n) is 1.13. The minimum atomic E-state index is -0.534. The zero-order chi connectivity index (χ0) is 11.4. The summed E-state index contributed by atoms with van der Waals surface area (Å²) in [5.74, 6) is -0.534. The molecular weight excluding hydrogens is 198 g/mol. The van der Waals surface area contributed by atoms with E-state index in [1.54, 1.807) is 0 Å². The van der Waals surface area contributed by atoms with Crippen LogP contribution >= 0.6 is 0 Å². The Balaban J connectivity index is 3.24. The lowest BCUT2D eigenvalue weighted by Crippen LogP contribution is -2.02. The first-order valence-electron chi connectivity index (χ1n) is 4.09. The number of methoxy groups -OCH3 is 1. The highest BCUT2D eigenvalue weighted by molar-refractivity contribution is 5.90. The third-order valence-electron chi connectivity index (χ3n) is 1.87. The number of hydrogen-bond acceptors (Lipinski definition) is 4. The van der Waals surface area contributed by atoms with E-state index in [0.717, 1.165) is 0 Å². The van der Waals surface area contributed by atoms with Crippen LogP contribution in [0.1, 0.15) is 15.9 Å². The number of benzene rings is 1. The number of rotatable bonds is 3. The molecule has 0 amide bonds. The molecule has 0 aliphatic carbocycles. The van der Waals surface area contributed by atoms with Crippen molar-refractivity contribution in [1.29, 1.82) is 0 Å². The average molecular weight is 207 g/mol. The third-order valence-corrected chi connectivity index (χ3v) is 1.87. The second-order valence-corrected chi connectivity index (χ2v) is 2.73. The van der Waals surface area contributed by atoms with E-state index in [1.807, 2.05) is 0 Å². The molecule has 0 saturated heterocycles. The van der Waals surface area contributed by atoms with Crippen LogP contribution in [0.4, 0.5) is 5.69 Å². The zero-order valence-electron chi connectivity index (χ0n) is 8.10. The molecule has 15 heavy (non-hydrogen) atoms. The minimum Gasteiger partial charge on any atom is -0.465 e. The van der Waals surface area contributed by atoms with Gasteiger partial charge in [0.2, 0.25) is 0 Å². The molecule has 0 atom stereocenters. The van der Waals surface area contributed by atoms with Gasteiger partial charge in [0.1, 0.15) is 0 Å². The predicted molar refractivity (Wildman–Crippen MR) is 54.5 cm³/mol. The number of nitrogens with zero attached hydrogens (tertiary/aromatic N) is 1. The van der Waals surface area contributed by atoms with E-state index < -0.39 is 10.9 Å². The normalized spacial score (nSPS) is 9.40. The first-order valence-corrected chi connectivity index (χ1v) is 4.09. The van der Waals surface area contributed by atoms with Gasteiger partial charge in [0, 0.05) is 6.07 Å². The highest BCUT2D eigenvalue weighted by atomic mass is 16.6. The Hall–Kier alpha value is -2.17. The van der Waals surface area contributed by atoms with E-state index in [0.29, 0.717) is 5.56 Å². The van der Waals surface area contributed by atoms with Crippen LogP contribution in [-0.4, -0.2) is 18.0 Å². The van der Waals surface area contributed by atoms with Crippen LogP contribution in [0, 0.1) is 10.1 Å². The fourth-order valence-corrected chi connectivity index (χ4v) is 1.13. The van der Waals surface area contributed by atoms with E-state index in [-0.39, 0.29) is 11.3 Å². The van der Waals surface area contributed by atoms with Crippen molar-refractivity contribution in [2.75, 3.05) is 7.11 Å². The lowest BCUT2D eigenvalue weighted by Gasteiger charge is -2.01. The average Bonchev–Trinajstić information content (AvgIpc) is 2.26. The van der Waals surface area contributed by atoms with Crippen LogP contribution < -0.4 is 0 Å². The summed E-state index contributed by atoms with van der Waals surface area (Å²) >= 11 is 0. The topological polar surface area (TPSA) is 69.4 Å². The molecule has 0 saturated carbocycles. The standard InChI is InChI=1S/C10H9NO4/c1-3-7-6-8(10(12)15-2)4-5-9(7)11(13)14/h3-6H,1H2,2H3. The van der Waals surface area contributed by atoms with Gasteiger partial charge in [-0.15, -0.1) is 0 Å². The van der Waals surface area contributed by atoms with E-state index in [2.05, 4.69) is 11.3 Å². The second kappa shape index (κ2) is 4.36. The molecule has 0 radical (unpaired) electrons. The van der Waals surface area contributed by atoms with Crippen molar-refractivity contribution in [2.24, 2.45) is 0 Å². The number of esters is 1. The molecule has 0 heterocycles. The Morgan fingerprint density at radius 3 is 2.73 bits per heavy atom. The Kier molecular flexibility index (Phi) is 3.17. The summed E-state index contributed by atoms with van der Waals surface area (Å²) in [5.41, 5.74) is 0.471. The first kappa shape index (κ1) is 10.9. The molecule has 0 bridgehead atoms. The van der Waals surface area contributed by atoms with Gasteiger partial charge in [-0.2, -0.15) is 0 Å². The van der Waals surface area contributed by atoms with Crippen molar-refractivity contribution >= 4 is 17.7 Å². The van der Waals surface area contributed by atoms with Crippen molar-refractivity contribution in [3.05, 3.63) is 46.0 Å². The Morgan fingerprint density at radius 2 is 2.27 bits per heavy atom. The first-order chi connectivity index (χ1) is 7.10. The molecule has 0 aromatic heterocycles. The quantitative estimate of drug-likeness (QED) is 0.432. The monoisotopic (exact) mass is 207 g/mol. The molecular formula is C10H9NO4. The van der Waals surface area contributed by atoms with Crippen LogP contribution in [0.3, 0.4) is 0 Å². The van der Waals surface area contributed by atoms with Crippen molar-refractivity contribution in [3.63, 3.8) is 0 Å². The predicted octanol–water partition coefficient (Wildman–Crippen LogP) is 2.02. The summed E-state index contributed by atoms with van der Waals surface area (Å²) in [4.78, 5) is 21.2. The van der Waals surface area contributed by atoms with Crippen molar-refractivity contribution in [3.8, 4) is 0 Å². The van der Waals surface area contributed by atoms with Gasteiger partial charge in [0.15, 0.2) is 0 Å². The number of carbonyl (C=O) groups excluding carboxylic acids is 1. The Labute approximate surface area is 86.1 Å². The van der Waals surface area contributed by atoms with E-state index >= 15 is 0 Å². The van der Waals surface area contributed by atoms with Gasteiger partial charge in [-0.25, -0.2) is 4.79 Å². The highest BCUT2D eigenvalue weighted by Gasteiger charge is 2.14. The van der Waals surface area contributed by atoms with Gasteiger partial charge in [-0.05, 0) is 12.1 Å². The smallest absolute Gasteiger partial charge is 0.337 e. The maximum Gasteiger partial charge on any atom is 0.337 e. The zero-order valence-corrected chi connectivity index (χ0v) is 8.10. The van der Waals surface area contributed by atoms with E-state index in [9.17, 15) is 14.9 Å². The van der Waals surface area contributed by atoms with Crippen LogP contribution in [-0.2, 0) is 4.74 Å². The second-order valence-electron chi connectivity index (χ2n) is 2.73. The summed E-state index contributed by atoms with van der Waals surface area (Å²) in [7, 11) is 1.25. The highest BCUT2D eigenvalue weighted by Crippen LogP contribution is 2.21. The molecule has 0 aliphatic rings. The molecule has 1 aromatic carbocycles. The Bertz CT molecular complexity index is 425. The van der Waals surface area contributed by atoms with Crippen LogP contribution in [0.25, 0.3) is 6.08 Å². The Morgan fingerprint density at radius 1 is 1.60 bits per heavy atom. The fraction of sp³-hybridized carbons (Fsp3) is 0.100. The number of ether oxygens (including phenoxy) is 1. The lowest BCUT2D eigenvalue weighted by molar-refractivity contribution is -0.385. The largest absolute Gasteiger partial charge is 0.465 e. The molecule has 0 spiro atoms. The molecule has 0 unspecified atom stereocenters. The molecule has 78 valence electrons. The summed E-state index contributed by atoms with van der Waals surface area (Å²) < 4.78 is 4.49. The number of hydrogen-bond donors (Lipinski definition) is 0. The number of nitro benzene ring substituents is 1. The lowest BCUT2D eigenvalue weighted by atomic mass is 10.1. The molecule has 1 rings (SSSR count). The minimum absolute atomic E-state index is 0.0855. The molecule has 0 aliphatic heterocycles. The molecule has 5 heteroatoms. The summed E-state index contributed by atoms with van der Waals surface area (Å²) in [6, 6.07) is 3.97. The molecule has 0 N–H and O–H groups in total. The van der Waals surface area contributed by atoms with Crippen LogP contribution in [0.15, 0.2) is 24.8 Å². The number of nitro groups is 1. The van der Waals surface area contributed by atoms with Gasteiger partial charge in [-0.3, -0.25) is 10.1 Å². The van der Waals surface area contributed by atoms with E-state index in [1.165, 1.54) is 31.4 Å². The van der Waals surface area contributed by atoms with Gasteiger partial charge in [-0.1, -0.05) is 12.7 Å². The van der Waals surface area contributed by atoms with Gasteiger partial charge < -0.3 is 4.74 Å². The van der Waals surface area contributed by atoms with Crippen molar-refractivity contribution in [1.82, 2.24) is 0 Å². The maximum atomic E-state index is 11.1. The van der Waals surface area contributed by atoms with Crippen molar-refractivity contribution in [2.45, 2.75) is 0 Å². The maximum absolute atomic E-state index is 11.1. The SMILES string of the molecule is C=Cc1cc(C(=O)OC)ccc1[N+](=O)[O-]. The summed E-state index contributed by atoms with van der Waals surface area (Å²) in [5, 5.41) is 10.6.